The molecule has 134 valence electrons. The van der Waals surface area contributed by atoms with Crippen molar-refractivity contribution in [1.29, 1.82) is 0 Å². The molecule has 0 aromatic carbocycles. The quantitative estimate of drug-likeness (QED) is 0.731. The molecule has 2 aliphatic rings. The first-order valence-corrected chi connectivity index (χ1v) is 9.89. The molecule has 1 unspecified atom stereocenters. The molecule has 26 heavy (non-hydrogen) atoms. The molecule has 0 bridgehead atoms. The standard InChI is InChI=1S/C17H20N8S/c1-2-12(8-18-4-1)25-22-9-14(23-25)15-10-24(6-7-26-15)17-13-3-5-19-16(13)20-11-21-17/h3,5,9-12,18H,1-2,4,6-8H2,(H,19,20,21). The highest BCUT2D eigenvalue weighted by atomic mass is 32.2. The van der Waals surface area contributed by atoms with Crippen molar-refractivity contribution in [3.8, 4) is 0 Å². The largest absolute Gasteiger partial charge is 0.346 e. The molecule has 3 aromatic heterocycles. The van der Waals surface area contributed by atoms with Crippen LogP contribution >= 0.6 is 11.8 Å². The van der Waals surface area contributed by atoms with Crippen LogP contribution in [0.15, 0.2) is 31.0 Å². The number of hydrogen-bond donors (Lipinski definition) is 2. The SMILES string of the molecule is C1=C(c2cnn(C3CCCNC3)n2)SCCN1c1ncnc2[nH]ccc12. The van der Waals surface area contributed by atoms with Gasteiger partial charge in [-0.15, -0.1) is 11.8 Å². The molecule has 1 atom stereocenters. The topological polar surface area (TPSA) is 87.6 Å². The zero-order valence-corrected chi connectivity index (χ0v) is 15.1. The summed E-state index contributed by atoms with van der Waals surface area (Å²) in [6, 6.07) is 2.37. The molecule has 0 spiro atoms. The van der Waals surface area contributed by atoms with Crippen molar-refractivity contribution in [3.63, 3.8) is 0 Å². The predicted molar refractivity (Wildman–Crippen MR) is 103 cm³/mol. The van der Waals surface area contributed by atoms with E-state index in [4.69, 9.17) is 5.10 Å². The maximum atomic E-state index is 4.75. The smallest absolute Gasteiger partial charge is 0.145 e. The van der Waals surface area contributed by atoms with Gasteiger partial charge in [0.2, 0.25) is 0 Å². The normalized spacial score (nSPS) is 21.2. The molecule has 1 fully saturated rings. The minimum atomic E-state index is 0.351. The third-order valence-electron chi connectivity index (χ3n) is 4.83. The minimum Gasteiger partial charge on any atom is -0.346 e. The molecule has 8 nitrogen and oxygen atoms in total. The minimum absolute atomic E-state index is 0.351. The van der Waals surface area contributed by atoms with Crippen LogP contribution in [0.4, 0.5) is 5.82 Å². The van der Waals surface area contributed by atoms with Gasteiger partial charge in [0.25, 0.3) is 0 Å². The van der Waals surface area contributed by atoms with E-state index in [1.807, 2.05) is 35.0 Å². The first-order valence-electron chi connectivity index (χ1n) is 8.91. The third-order valence-corrected chi connectivity index (χ3v) is 5.84. The Hall–Kier alpha value is -2.39. The highest BCUT2D eigenvalue weighted by Crippen LogP contribution is 2.33. The van der Waals surface area contributed by atoms with Crippen LogP contribution in [-0.2, 0) is 0 Å². The van der Waals surface area contributed by atoms with Crippen molar-refractivity contribution < 1.29 is 0 Å². The van der Waals surface area contributed by atoms with Crippen LogP contribution in [0, 0.1) is 0 Å². The van der Waals surface area contributed by atoms with Crippen molar-refractivity contribution in [2.45, 2.75) is 18.9 Å². The van der Waals surface area contributed by atoms with Gasteiger partial charge in [0, 0.05) is 31.2 Å². The van der Waals surface area contributed by atoms with Crippen molar-refractivity contribution in [2.24, 2.45) is 0 Å². The number of nitrogens with zero attached hydrogens (tertiary/aromatic N) is 6. The van der Waals surface area contributed by atoms with E-state index in [1.165, 1.54) is 6.42 Å². The lowest BCUT2D eigenvalue weighted by Gasteiger charge is -2.25. The highest BCUT2D eigenvalue weighted by molar-refractivity contribution is 8.08. The van der Waals surface area contributed by atoms with Crippen LogP contribution in [0.2, 0.25) is 0 Å². The summed E-state index contributed by atoms with van der Waals surface area (Å²) in [4.78, 5) is 17.1. The van der Waals surface area contributed by atoms with Crippen molar-refractivity contribution in [2.75, 3.05) is 30.3 Å². The lowest BCUT2D eigenvalue weighted by molar-refractivity contribution is 0.317. The maximum absolute atomic E-state index is 4.75. The second-order valence-corrected chi connectivity index (χ2v) is 7.66. The summed E-state index contributed by atoms with van der Waals surface area (Å²) in [6.07, 6.45) is 9.82. The number of H-pyrrole nitrogens is 1. The van der Waals surface area contributed by atoms with Crippen LogP contribution in [0.25, 0.3) is 15.9 Å². The summed E-state index contributed by atoms with van der Waals surface area (Å²) in [5, 5.41) is 13.7. The highest BCUT2D eigenvalue weighted by Gasteiger charge is 2.21. The second kappa shape index (κ2) is 6.73. The van der Waals surface area contributed by atoms with Crippen molar-refractivity contribution in [1.82, 2.24) is 35.3 Å². The molecule has 0 radical (unpaired) electrons. The van der Waals surface area contributed by atoms with Crippen LogP contribution in [0.3, 0.4) is 0 Å². The van der Waals surface area contributed by atoms with E-state index >= 15 is 0 Å². The number of rotatable bonds is 3. The first kappa shape index (κ1) is 15.8. The second-order valence-electron chi connectivity index (χ2n) is 6.52. The Morgan fingerprint density at radius 1 is 1.27 bits per heavy atom. The Labute approximate surface area is 155 Å². The van der Waals surface area contributed by atoms with Gasteiger partial charge in [-0.05, 0) is 25.5 Å². The van der Waals surface area contributed by atoms with E-state index in [9.17, 15) is 0 Å². The number of thioether (sulfide) groups is 1. The Bertz CT molecular complexity index is 939. The Morgan fingerprint density at radius 2 is 2.27 bits per heavy atom. The summed E-state index contributed by atoms with van der Waals surface area (Å²) in [7, 11) is 0. The molecule has 2 aliphatic heterocycles. The fraction of sp³-hybridized carbons (Fsp3) is 0.412. The first-order chi connectivity index (χ1) is 12.9. The molecule has 1 saturated heterocycles. The van der Waals surface area contributed by atoms with Crippen LogP contribution in [-0.4, -0.2) is 55.3 Å². The fourth-order valence-electron chi connectivity index (χ4n) is 3.49. The van der Waals surface area contributed by atoms with E-state index in [2.05, 4.69) is 36.5 Å². The van der Waals surface area contributed by atoms with Crippen molar-refractivity contribution >= 4 is 33.5 Å². The number of aromatic amines is 1. The van der Waals surface area contributed by atoms with Gasteiger partial charge in [0.05, 0.1) is 22.5 Å². The molecule has 5 rings (SSSR count). The number of hydrogen-bond acceptors (Lipinski definition) is 7. The maximum Gasteiger partial charge on any atom is 0.145 e. The lowest BCUT2D eigenvalue weighted by Crippen LogP contribution is -2.32. The predicted octanol–water partition coefficient (Wildman–Crippen LogP) is 2.03. The fourth-order valence-corrected chi connectivity index (χ4v) is 4.44. The van der Waals surface area contributed by atoms with Crippen LogP contribution < -0.4 is 10.2 Å². The summed E-state index contributed by atoms with van der Waals surface area (Å²) in [6.45, 7) is 2.94. The van der Waals surface area contributed by atoms with Crippen molar-refractivity contribution in [3.05, 3.63) is 36.7 Å². The van der Waals surface area contributed by atoms with Crippen LogP contribution in [0.5, 0.6) is 0 Å². The molecule has 0 saturated carbocycles. The molecule has 2 N–H and O–H groups in total. The van der Waals surface area contributed by atoms with Gasteiger partial charge >= 0.3 is 0 Å². The van der Waals surface area contributed by atoms with Gasteiger partial charge in [-0.2, -0.15) is 15.0 Å². The number of nitrogens with one attached hydrogen (secondary N) is 2. The van der Waals surface area contributed by atoms with E-state index in [1.54, 1.807) is 6.33 Å². The molecule has 0 amide bonds. The zero-order valence-electron chi connectivity index (χ0n) is 14.3. The van der Waals surface area contributed by atoms with E-state index < -0.39 is 0 Å². The van der Waals surface area contributed by atoms with Gasteiger partial charge in [0.15, 0.2) is 0 Å². The number of anilines is 1. The third kappa shape index (κ3) is 2.86. The summed E-state index contributed by atoms with van der Waals surface area (Å²) in [5.74, 6) is 1.91. The Kier molecular flexibility index (Phi) is 4.10. The van der Waals surface area contributed by atoms with Gasteiger partial charge in [0.1, 0.15) is 23.5 Å². The van der Waals surface area contributed by atoms with E-state index in [0.717, 1.165) is 59.3 Å². The summed E-state index contributed by atoms with van der Waals surface area (Å²) < 4.78 is 0. The Morgan fingerprint density at radius 3 is 3.19 bits per heavy atom. The average molecular weight is 368 g/mol. The summed E-state index contributed by atoms with van der Waals surface area (Å²) in [5.41, 5.74) is 1.79. The molecule has 3 aromatic rings. The molecular formula is C17H20N8S. The Balaban J connectivity index is 1.44. The van der Waals surface area contributed by atoms with Crippen LogP contribution in [0.1, 0.15) is 24.6 Å². The van der Waals surface area contributed by atoms with E-state index in [0.29, 0.717) is 6.04 Å². The summed E-state index contributed by atoms with van der Waals surface area (Å²) >= 11 is 1.82. The molecule has 9 heteroatoms. The average Bonchev–Trinajstić information content (AvgIpc) is 3.38. The zero-order chi connectivity index (χ0) is 17.3. The monoisotopic (exact) mass is 368 g/mol. The molecule has 0 aliphatic carbocycles. The number of piperidine rings is 1. The van der Waals surface area contributed by atoms with Gasteiger partial charge in [-0.3, -0.25) is 0 Å². The molecular weight excluding hydrogens is 348 g/mol. The number of fused-ring (bicyclic) bond motifs is 1. The molecule has 5 heterocycles. The van der Waals surface area contributed by atoms with Gasteiger partial charge < -0.3 is 15.2 Å². The van der Waals surface area contributed by atoms with Gasteiger partial charge in [-0.1, -0.05) is 0 Å². The lowest BCUT2D eigenvalue weighted by atomic mass is 10.1. The van der Waals surface area contributed by atoms with E-state index in [-0.39, 0.29) is 0 Å². The number of aromatic nitrogens is 6. The van der Waals surface area contributed by atoms with Gasteiger partial charge in [-0.25, -0.2) is 9.97 Å².